The minimum absolute atomic E-state index is 0.0117. The van der Waals surface area contributed by atoms with E-state index in [0.29, 0.717) is 18.8 Å². The number of piperazine rings is 1. The van der Waals surface area contributed by atoms with Crippen LogP contribution in [0.2, 0.25) is 0 Å². The number of nitrogens with one attached hydrogen (secondary N) is 1. The van der Waals surface area contributed by atoms with Crippen LogP contribution in [0.4, 0.5) is 0 Å². The monoisotopic (exact) mass is 534 g/mol. The van der Waals surface area contributed by atoms with Crippen molar-refractivity contribution in [2.45, 2.75) is 56.9 Å². The van der Waals surface area contributed by atoms with E-state index in [2.05, 4.69) is 70.5 Å². The Hall–Kier alpha value is -3.74. The lowest BCUT2D eigenvalue weighted by Gasteiger charge is -2.36. The van der Waals surface area contributed by atoms with E-state index in [4.69, 9.17) is 9.72 Å². The van der Waals surface area contributed by atoms with Gasteiger partial charge >= 0.3 is 0 Å². The molecule has 40 heavy (non-hydrogen) atoms. The Balaban J connectivity index is 1.31. The van der Waals surface area contributed by atoms with Gasteiger partial charge in [0.25, 0.3) is 5.91 Å². The highest BCUT2D eigenvalue weighted by atomic mass is 16.5. The molecule has 1 saturated carbocycles. The molecule has 6 rings (SSSR count). The molecule has 0 spiro atoms. The number of aromatic nitrogens is 2. The summed E-state index contributed by atoms with van der Waals surface area (Å²) in [5.74, 6) is 0.0117. The highest BCUT2D eigenvalue weighted by Gasteiger charge is 2.35. The van der Waals surface area contributed by atoms with E-state index in [-0.39, 0.29) is 24.1 Å². The number of nitrogens with zero attached hydrogens (tertiary/aromatic N) is 3. The maximum Gasteiger partial charge on any atom is 0.275 e. The number of ether oxygens (including phenoxy) is 1. The molecule has 6 nitrogen and oxygen atoms in total. The van der Waals surface area contributed by atoms with Crippen LogP contribution in [0.5, 0.6) is 0 Å². The zero-order chi connectivity index (χ0) is 27.1. The standard InChI is InChI=1S/C34H38N4O2/c39-34(37-21-20-35-23-29(37)22-26-12-4-1-5-13-26)32-33(28-16-8-3-9-17-28)38(25-36-32)30-18-10-11-19-31(30)40-24-27-14-6-2-7-15-27/h1-9,12-17,25,29-31,35H,10-11,18-24H2/t29-,30+,31+/m1/s1. The lowest BCUT2D eigenvalue weighted by molar-refractivity contribution is -0.0159. The molecule has 0 radical (unpaired) electrons. The number of hydrogen-bond donors (Lipinski definition) is 1. The highest BCUT2D eigenvalue weighted by molar-refractivity contribution is 5.98. The Morgan fingerprint density at radius 1 is 0.875 bits per heavy atom. The van der Waals surface area contributed by atoms with Crippen molar-refractivity contribution in [2.75, 3.05) is 19.6 Å². The second kappa shape index (κ2) is 12.6. The summed E-state index contributed by atoms with van der Waals surface area (Å²) in [6, 6.07) is 31.3. The van der Waals surface area contributed by atoms with Crippen molar-refractivity contribution in [3.8, 4) is 11.3 Å². The lowest BCUT2D eigenvalue weighted by atomic mass is 9.91. The summed E-state index contributed by atoms with van der Waals surface area (Å²) >= 11 is 0. The quantitative estimate of drug-likeness (QED) is 0.305. The Bertz CT molecular complexity index is 1370. The van der Waals surface area contributed by atoms with Crippen LogP contribution in [0, 0.1) is 0 Å². The third-order valence-corrected chi connectivity index (χ3v) is 8.30. The number of carbonyl (C=O) groups is 1. The molecular weight excluding hydrogens is 496 g/mol. The third-order valence-electron chi connectivity index (χ3n) is 8.30. The zero-order valence-electron chi connectivity index (χ0n) is 23.0. The van der Waals surface area contributed by atoms with Gasteiger partial charge in [0.15, 0.2) is 5.69 Å². The molecule has 1 aliphatic heterocycles. The van der Waals surface area contributed by atoms with Crippen LogP contribution in [0.25, 0.3) is 11.3 Å². The minimum Gasteiger partial charge on any atom is -0.371 e. The first kappa shape index (κ1) is 26.5. The number of amides is 1. The summed E-state index contributed by atoms with van der Waals surface area (Å²) in [6.07, 6.45) is 7.08. The van der Waals surface area contributed by atoms with Crippen LogP contribution in [-0.2, 0) is 17.8 Å². The molecule has 1 N–H and O–H groups in total. The molecule has 206 valence electrons. The summed E-state index contributed by atoms with van der Waals surface area (Å²) in [7, 11) is 0. The fourth-order valence-electron chi connectivity index (χ4n) is 6.25. The van der Waals surface area contributed by atoms with Crippen molar-refractivity contribution in [2.24, 2.45) is 0 Å². The first-order chi connectivity index (χ1) is 19.8. The van der Waals surface area contributed by atoms with Crippen LogP contribution >= 0.6 is 0 Å². The molecule has 0 unspecified atom stereocenters. The highest BCUT2D eigenvalue weighted by Crippen LogP contribution is 2.37. The zero-order valence-corrected chi connectivity index (χ0v) is 23.0. The smallest absolute Gasteiger partial charge is 0.275 e. The summed E-state index contributed by atoms with van der Waals surface area (Å²) in [6.45, 7) is 2.82. The molecular formula is C34H38N4O2. The predicted molar refractivity (Wildman–Crippen MR) is 158 cm³/mol. The number of carbonyl (C=O) groups excluding carboxylic acids is 1. The Morgan fingerprint density at radius 3 is 2.30 bits per heavy atom. The Morgan fingerprint density at radius 2 is 1.55 bits per heavy atom. The number of hydrogen-bond acceptors (Lipinski definition) is 4. The van der Waals surface area contributed by atoms with Crippen molar-refractivity contribution < 1.29 is 9.53 Å². The average Bonchev–Trinajstić information content (AvgIpc) is 3.47. The normalized spacial score (nSPS) is 21.3. The molecule has 2 fully saturated rings. The van der Waals surface area contributed by atoms with Crippen molar-refractivity contribution in [3.63, 3.8) is 0 Å². The van der Waals surface area contributed by atoms with Gasteiger partial charge in [0.05, 0.1) is 30.8 Å². The van der Waals surface area contributed by atoms with Gasteiger partial charge in [0.2, 0.25) is 0 Å². The minimum atomic E-state index is 0.0117. The molecule has 6 heteroatoms. The van der Waals surface area contributed by atoms with Gasteiger partial charge in [-0.15, -0.1) is 0 Å². The first-order valence-corrected chi connectivity index (χ1v) is 14.6. The second-order valence-electron chi connectivity index (χ2n) is 10.9. The van der Waals surface area contributed by atoms with Crippen LogP contribution in [-0.4, -0.2) is 52.1 Å². The number of rotatable bonds is 8. The molecule has 1 amide bonds. The number of benzene rings is 3. The SMILES string of the molecule is O=C(c1ncn([C@H]2CCCC[C@@H]2OCc2ccccc2)c1-c1ccccc1)N1CCNC[C@H]1Cc1ccccc1. The summed E-state index contributed by atoms with van der Waals surface area (Å²) in [5, 5.41) is 3.49. The van der Waals surface area contributed by atoms with Gasteiger partial charge in [0.1, 0.15) is 0 Å². The van der Waals surface area contributed by atoms with Crippen molar-refractivity contribution in [3.05, 3.63) is 114 Å². The maximum absolute atomic E-state index is 14.3. The topological polar surface area (TPSA) is 59.4 Å². The Kier molecular flexibility index (Phi) is 8.36. The van der Waals surface area contributed by atoms with E-state index < -0.39 is 0 Å². The van der Waals surface area contributed by atoms with Crippen molar-refractivity contribution in [1.29, 1.82) is 0 Å². The van der Waals surface area contributed by atoms with E-state index in [0.717, 1.165) is 56.5 Å². The van der Waals surface area contributed by atoms with Gasteiger partial charge in [-0.05, 0) is 30.4 Å². The van der Waals surface area contributed by atoms with Gasteiger partial charge in [0, 0.05) is 31.2 Å². The molecule has 2 heterocycles. The van der Waals surface area contributed by atoms with Gasteiger partial charge < -0.3 is 19.5 Å². The summed E-state index contributed by atoms with van der Waals surface area (Å²) in [4.78, 5) is 21.1. The summed E-state index contributed by atoms with van der Waals surface area (Å²) in [5.41, 5.74) is 4.88. The molecule has 3 atom stereocenters. The van der Waals surface area contributed by atoms with Crippen LogP contribution in [0.3, 0.4) is 0 Å². The molecule has 0 bridgehead atoms. The molecule has 1 saturated heterocycles. The fraction of sp³-hybridized carbons (Fsp3) is 0.353. The first-order valence-electron chi connectivity index (χ1n) is 14.6. The van der Waals surface area contributed by atoms with Gasteiger partial charge in [-0.25, -0.2) is 4.98 Å². The van der Waals surface area contributed by atoms with Crippen molar-refractivity contribution >= 4 is 5.91 Å². The number of imidazole rings is 1. The van der Waals surface area contributed by atoms with Crippen LogP contribution in [0.15, 0.2) is 97.3 Å². The second-order valence-corrected chi connectivity index (χ2v) is 10.9. The van der Waals surface area contributed by atoms with E-state index in [1.54, 1.807) is 0 Å². The van der Waals surface area contributed by atoms with E-state index in [1.165, 1.54) is 11.1 Å². The average molecular weight is 535 g/mol. The van der Waals surface area contributed by atoms with Gasteiger partial charge in [-0.1, -0.05) is 104 Å². The van der Waals surface area contributed by atoms with Crippen LogP contribution < -0.4 is 5.32 Å². The lowest BCUT2D eigenvalue weighted by Crippen LogP contribution is -2.54. The fourth-order valence-corrected chi connectivity index (χ4v) is 6.25. The van der Waals surface area contributed by atoms with E-state index in [1.807, 2.05) is 41.6 Å². The van der Waals surface area contributed by atoms with E-state index in [9.17, 15) is 4.79 Å². The summed E-state index contributed by atoms with van der Waals surface area (Å²) < 4.78 is 8.79. The third kappa shape index (κ3) is 5.88. The largest absolute Gasteiger partial charge is 0.371 e. The van der Waals surface area contributed by atoms with Gasteiger partial charge in [-0.2, -0.15) is 0 Å². The molecule has 3 aromatic carbocycles. The predicted octanol–water partition coefficient (Wildman–Crippen LogP) is 5.91. The van der Waals surface area contributed by atoms with Crippen LogP contribution in [0.1, 0.15) is 53.3 Å². The molecule has 1 aliphatic carbocycles. The molecule has 2 aliphatic rings. The molecule has 1 aromatic heterocycles. The molecule has 4 aromatic rings. The van der Waals surface area contributed by atoms with Gasteiger partial charge in [-0.3, -0.25) is 4.79 Å². The maximum atomic E-state index is 14.3. The Labute approximate surface area is 237 Å². The van der Waals surface area contributed by atoms with Crippen molar-refractivity contribution in [1.82, 2.24) is 19.8 Å². The van der Waals surface area contributed by atoms with E-state index >= 15 is 0 Å².